The number of aliphatic hydroxyl groups excluding tert-OH is 1. The van der Waals surface area contributed by atoms with Crippen LogP contribution in [0.3, 0.4) is 0 Å². The smallest absolute Gasteiger partial charge is 0.199 e. The van der Waals surface area contributed by atoms with Crippen LogP contribution in [0.5, 0.6) is 0 Å². The number of aromatic amines is 1. The number of benzene rings is 2. The molecule has 8 heteroatoms. The van der Waals surface area contributed by atoms with Gasteiger partial charge in [-0.1, -0.05) is 6.07 Å². The molecular weight excluding hydrogens is 459 g/mol. The second-order valence-electron chi connectivity index (χ2n) is 10.3. The number of ether oxygens (including phenoxy) is 1. The van der Waals surface area contributed by atoms with Gasteiger partial charge < -0.3 is 19.4 Å². The van der Waals surface area contributed by atoms with Gasteiger partial charge in [-0.05, 0) is 75.0 Å². The van der Waals surface area contributed by atoms with Crippen LogP contribution in [0.4, 0.5) is 4.39 Å². The molecule has 2 aromatic carbocycles. The zero-order chi connectivity index (χ0) is 25.1. The number of aromatic nitrogens is 2. The van der Waals surface area contributed by atoms with Gasteiger partial charge in [0, 0.05) is 22.3 Å². The minimum absolute atomic E-state index is 0.0268. The van der Waals surface area contributed by atoms with E-state index in [9.17, 15) is 15.2 Å². The number of nitrogens with one attached hydrogen (secondary N) is 1. The van der Waals surface area contributed by atoms with Crippen LogP contribution >= 0.6 is 0 Å². The van der Waals surface area contributed by atoms with Gasteiger partial charge in [0.2, 0.25) is 0 Å². The minimum atomic E-state index is -0.411. The van der Waals surface area contributed by atoms with Crippen molar-refractivity contribution in [3.63, 3.8) is 0 Å². The summed E-state index contributed by atoms with van der Waals surface area (Å²) in [6.45, 7) is 6.85. The predicted octanol–water partition coefficient (Wildman–Crippen LogP) is 4.30. The van der Waals surface area contributed by atoms with Crippen molar-refractivity contribution in [1.82, 2.24) is 14.5 Å². The summed E-state index contributed by atoms with van der Waals surface area (Å²) >= 11 is 0. The quantitative estimate of drug-likeness (QED) is 0.447. The van der Waals surface area contributed by atoms with Crippen LogP contribution in [0, 0.1) is 17.1 Å². The van der Waals surface area contributed by atoms with E-state index in [0.29, 0.717) is 44.7 Å². The van der Waals surface area contributed by atoms with E-state index in [1.807, 2.05) is 18.4 Å². The molecule has 2 fully saturated rings. The molecule has 0 bridgehead atoms. The molecule has 2 aliphatic rings. The van der Waals surface area contributed by atoms with Crippen molar-refractivity contribution in [1.29, 1.82) is 5.26 Å². The topological polar surface area (TPSA) is 94.3 Å². The molecular formula is C28H29FN4O3. The lowest BCUT2D eigenvalue weighted by molar-refractivity contribution is -0.0713. The second kappa shape index (κ2) is 8.70. The summed E-state index contributed by atoms with van der Waals surface area (Å²) in [5, 5.41) is 21.0. The highest BCUT2D eigenvalue weighted by Crippen LogP contribution is 2.38. The third kappa shape index (κ3) is 3.38. The first-order valence-electron chi connectivity index (χ1n) is 12.6. The van der Waals surface area contributed by atoms with Crippen molar-refractivity contribution in [2.45, 2.75) is 51.3 Å². The van der Waals surface area contributed by atoms with Crippen LogP contribution in [0.25, 0.3) is 32.8 Å². The van der Waals surface area contributed by atoms with Crippen molar-refractivity contribution in [3.05, 3.63) is 57.0 Å². The number of H-pyrrole nitrogens is 1. The molecule has 0 aliphatic carbocycles. The van der Waals surface area contributed by atoms with Gasteiger partial charge in [-0.15, -0.1) is 0 Å². The highest BCUT2D eigenvalue weighted by molar-refractivity contribution is 6.10. The molecule has 4 aromatic rings. The fraction of sp³-hybridized carbons (Fsp3) is 0.429. The van der Waals surface area contributed by atoms with E-state index in [-0.39, 0.29) is 34.9 Å². The Bertz CT molecular complexity index is 1600. The summed E-state index contributed by atoms with van der Waals surface area (Å²) in [7, 11) is 0. The number of aliphatic hydroxyl groups is 1. The Labute approximate surface area is 207 Å². The van der Waals surface area contributed by atoms with Crippen molar-refractivity contribution in [3.8, 4) is 6.07 Å². The zero-order valence-corrected chi connectivity index (χ0v) is 20.5. The number of likely N-dealkylation sites (tertiary alicyclic amines) is 1. The van der Waals surface area contributed by atoms with Crippen LogP contribution in [0.1, 0.15) is 55.3 Å². The fourth-order valence-electron chi connectivity index (χ4n) is 6.10. The second-order valence-corrected chi connectivity index (χ2v) is 10.3. The van der Waals surface area contributed by atoms with Crippen molar-refractivity contribution < 1.29 is 14.2 Å². The Hall–Kier alpha value is -3.25. The van der Waals surface area contributed by atoms with E-state index in [2.05, 4.69) is 16.0 Å². The molecule has 0 unspecified atom stereocenters. The molecule has 0 amide bonds. The molecule has 2 saturated heterocycles. The normalized spacial score (nSPS) is 17.9. The molecule has 7 nitrogen and oxygen atoms in total. The maximum atomic E-state index is 16.6. The molecule has 2 aromatic heterocycles. The highest BCUT2D eigenvalue weighted by atomic mass is 19.1. The minimum Gasteiger partial charge on any atom is -0.392 e. The monoisotopic (exact) mass is 488 g/mol. The van der Waals surface area contributed by atoms with E-state index in [1.165, 1.54) is 0 Å². The largest absolute Gasteiger partial charge is 0.392 e. The van der Waals surface area contributed by atoms with E-state index in [4.69, 9.17) is 4.74 Å². The Kier molecular flexibility index (Phi) is 5.60. The van der Waals surface area contributed by atoms with Gasteiger partial charge in [-0.25, -0.2) is 4.39 Å². The van der Waals surface area contributed by atoms with Gasteiger partial charge >= 0.3 is 0 Å². The van der Waals surface area contributed by atoms with E-state index >= 15 is 4.39 Å². The standard InChI is InChI=1S/C28H29FN4O3/c1-15(2)33-26-21(27(35)24-20-4-3-16(11-30)9-22(20)31-28(24)33)10-18(12-34)23(25(26)29)17-5-7-32(8-6-17)19-13-36-14-19/h3-4,9-10,15,17,19,31,34H,5-8,12-14H2,1-2H3. The third-order valence-electron chi connectivity index (χ3n) is 7.99. The van der Waals surface area contributed by atoms with Crippen LogP contribution in [-0.4, -0.2) is 51.9 Å². The zero-order valence-electron chi connectivity index (χ0n) is 20.5. The van der Waals surface area contributed by atoms with Crippen LogP contribution < -0.4 is 5.43 Å². The van der Waals surface area contributed by atoms with Gasteiger partial charge in [-0.3, -0.25) is 9.69 Å². The van der Waals surface area contributed by atoms with Gasteiger partial charge in [-0.2, -0.15) is 5.26 Å². The lowest BCUT2D eigenvalue weighted by atomic mass is 9.84. The molecule has 0 atom stereocenters. The predicted molar refractivity (Wildman–Crippen MR) is 137 cm³/mol. The molecule has 0 saturated carbocycles. The average Bonchev–Trinajstić information content (AvgIpc) is 3.22. The van der Waals surface area contributed by atoms with E-state index in [1.54, 1.807) is 24.3 Å². The van der Waals surface area contributed by atoms with Crippen molar-refractivity contribution in [2.75, 3.05) is 26.3 Å². The number of fused-ring (bicyclic) bond motifs is 4. The molecule has 2 N–H and O–H groups in total. The molecule has 0 spiro atoms. The molecule has 4 heterocycles. The Morgan fingerprint density at radius 1 is 1.22 bits per heavy atom. The maximum absolute atomic E-state index is 16.6. The number of halogens is 1. The molecule has 186 valence electrons. The highest BCUT2D eigenvalue weighted by Gasteiger charge is 2.33. The number of nitrogens with zero attached hydrogens (tertiary/aromatic N) is 3. The van der Waals surface area contributed by atoms with Gasteiger partial charge in [0.05, 0.1) is 48.4 Å². The van der Waals surface area contributed by atoms with Gasteiger partial charge in [0.1, 0.15) is 5.65 Å². The van der Waals surface area contributed by atoms with Crippen molar-refractivity contribution >= 4 is 32.8 Å². The average molecular weight is 489 g/mol. The lowest BCUT2D eigenvalue weighted by Gasteiger charge is -2.41. The first-order valence-corrected chi connectivity index (χ1v) is 12.6. The first-order chi connectivity index (χ1) is 17.4. The number of rotatable bonds is 4. The summed E-state index contributed by atoms with van der Waals surface area (Å²) in [6.07, 6.45) is 1.59. The van der Waals surface area contributed by atoms with Crippen LogP contribution in [0.2, 0.25) is 0 Å². The van der Waals surface area contributed by atoms with E-state index in [0.717, 1.165) is 39.1 Å². The maximum Gasteiger partial charge on any atom is 0.199 e. The first kappa shape index (κ1) is 23.2. The summed E-state index contributed by atoms with van der Waals surface area (Å²) in [5.41, 5.74) is 2.73. The lowest BCUT2D eigenvalue weighted by Crippen LogP contribution is -2.51. The van der Waals surface area contributed by atoms with Gasteiger partial charge in [0.25, 0.3) is 0 Å². The Morgan fingerprint density at radius 2 is 1.97 bits per heavy atom. The number of piperidine rings is 1. The summed E-state index contributed by atoms with van der Waals surface area (Å²) in [6, 6.07) is 9.31. The summed E-state index contributed by atoms with van der Waals surface area (Å²) in [4.78, 5) is 19.5. The fourth-order valence-corrected chi connectivity index (χ4v) is 6.10. The van der Waals surface area contributed by atoms with E-state index < -0.39 is 5.82 Å². The van der Waals surface area contributed by atoms with Crippen LogP contribution in [-0.2, 0) is 11.3 Å². The summed E-state index contributed by atoms with van der Waals surface area (Å²) in [5.74, 6) is -0.438. The SMILES string of the molecule is CC(C)n1c2[nH]c3cc(C#N)ccc3c2c(=O)c2cc(CO)c(C3CCN(C4COC4)CC3)c(F)c21. The summed E-state index contributed by atoms with van der Waals surface area (Å²) < 4.78 is 23.8. The van der Waals surface area contributed by atoms with Crippen molar-refractivity contribution in [2.24, 2.45) is 0 Å². The number of nitriles is 1. The number of pyridine rings is 1. The van der Waals surface area contributed by atoms with Crippen LogP contribution in [0.15, 0.2) is 29.1 Å². The third-order valence-corrected chi connectivity index (χ3v) is 7.99. The Balaban J connectivity index is 1.59. The molecule has 0 radical (unpaired) electrons. The Morgan fingerprint density at radius 3 is 2.58 bits per heavy atom. The molecule has 6 rings (SSSR count). The molecule has 2 aliphatic heterocycles. The number of hydrogen-bond donors (Lipinski definition) is 2. The molecule has 36 heavy (non-hydrogen) atoms. The number of hydrogen-bond acceptors (Lipinski definition) is 5. The van der Waals surface area contributed by atoms with Gasteiger partial charge in [0.15, 0.2) is 11.2 Å².